The molecule has 3 aromatic rings. The Labute approximate surface area is 209 Å². The Morgan fingerprint density at radius 3 is 2.06 bits per heavy atom. The Bertz CT molecular complexity index is 1440. The van der Waals surface area contributed by atoms with Gasteiger partial charge in [0.15, 0.2) is 0 Å². The number of halogens is 1. The van der Waals surface area contributed by atoms with Crippen LogP contribution < -0.4 is 4.74 Å². The molecule has 3 aromatic carbocycles. The van der Waals surface area contributed by atoms with Crippen molar-refractivity contribution in [2.45, 2.75) is 22.4 Å². The van der Waals surface area contributed by atoms with Crippen LogP contribution in [-0.2, 0) is 31.4 Å². The van der Waals surface area contributed by atoms with Gasteiger partial charge in [-0.05, 0) is 54.1 Å². The average Bonchev–Trinajstić information content (AvgIpc) is 2.83. The van der Waals surface area contributed by atoms with E-state index in [2.05, 4.69) is 0 Å². The fourth-order valence-electron chi connectivity index (χ4n) is 3.25. The van der Waals surface area contributed by atoms with Crippen LogP contribution in [0.5, 0.6) is 5.75 Å². The Hall–Kier alpha value is -3.32. The van der Waals surface area contributed by atoms with E-state index in [1.165, 1.54) is 69.7 Å². The molecule has 0 bridgehead atoms. The van der Waals surface area contributed by atoms with Crippen molar-refractivity contribution in [3.63, 3.8) is 0 Å². The molecule has 192 valence electrons. The lowest BCUT2D eigenvalue weighted by Gasteiger charge is -2.19. The minimum absolute atomic E-state index is 0.00674. The Morgan fingerprint density at radius 2 is 1.50 bits per heavy atom. The lowest BCUT2D eigenvalue weighted by Crippen LogP contribution is -2.26. The second kappa shape index (κ2) is 10.7. The average molecular weight is 537 g/mol. The van der Waals surface area contributed by atoms with Crippen molar-refractivity contribution in [2.75, 3.05) is 21.1 Å². The summed E-state index contributed by atoms with van der Waals surface area (Å²) in [6.07, 6.45) is -1.48. The lowest BCUT2D eigenvalue weighted by molar-refractivity contribution is -0.145. The van der Waals surface area contributed by atoms with Gasteiger partial charge in [-0.2, -0.15) is 4.31 Å². The van der Waals surface area contributed by atoms with Gasteiger partial charge in [-0.25, -0.2) is 30.3 Å². The van der Waals surface area contributed by atoms with Crippen molar-refractivity contribution in [3.05, 3.63) is 89.7 Å². The molecule has 36 heavy (non-hydrogen) atoms. The summed E-state index contributed by atoms with van der Waals surface area (Å²) in [5.41, 5.74) is 0.737. The highest BCUT2D eigenvalue weighted by Crippen LogP contribution is 2.26. The molecule has 0 saturated carbocycles. The third-order valence-corrected chi connectivity index (χ3v) is 8.90. The third-order valence-electron chi connectivity index (χ3n) is 5.27. The van der Waals surface area contributed by atoms with Crippen molar-refractivity contribution in [2.24, 2.45) is 0 Å². The van der Waals surface area contributed by atoms with Gasteiger partial charge in [0.1, 0.15) is 11.6 Å². The first-order valence-corrected chi connectivity index (χ1v) is 13.4. The van der Waals surface area contributed by atoms with Crippen molar-refractivity contribution in [1.29, 1.82) is 0 Å². The highest BCUT2D eigenvalue weighted by atomic mass is 32.2. The predicted molar refractivity (Wildman–Crippen MR) is 130 cm³/mol. The van der Waals surface area contributed by atoms with E-state index in [4.69, 9.17) is 4.74 Å². The number of hydrogen-bond acceptors (Lipinski definition) is 6. The van der Waals surface area contributed by atoms with Crippen molar-refractivity contribution < 1.29 is 35.9 Å². The maximum atomic E-state index is 13.1. The Balaban J connectivity index is 1.77. The van der Waals surface area contributed by atoms with Crippen LogP contribution in [0.3, 0.4) is 0 Å². The van der Waals surface area contributed by atoms with Crippen LogP contribution in [-0.4, -0.2) is 57.7 Å². The summed E-state index contributed by atoms with van der Waals surface area (Å²) in [7, 11) is -3.49. The van der Waals surface area contributed by atoms with Crippen LogP contribution in [0.25, 0.3) is 0 Å². The molecule has 1 unspecified atom stereocenters. The van der Waals surface area contributed by atoms with E-state index in [9.17, 15) is 31.1 Å². The Morgan fingerprint density at radius 1 is 0.889 bits per heavy atom. The summed E-state index contributed by atoms with van der Waals surface area (Å²) >= 11 is 0. The number of benzene rings is 3. The van der Waals surface area contributed by atoms with Gasteiger partial charge in [-0.1, -0.05) is 24.3 Å². The molecule has 0 amide bonds. The van der Waals surface area contributed by atoms with E-state index in [0.29, 0.717) is 5.56 Å². The molecule has 0 fully saturated rings. The fourth-order valence-corrected chi connectivity index (χ4v) is 5.36. The van der Waals surface area contributed by atoms with Gasteiger partial charge in [-0.3, -0.25) is 0 Å². The normalized spacial score (nSPS) is 13.1. The molecular weight excluding hydrogens is 511 g/mol. The summed E-state index contributed by atoms with van der Waals surface area (Å²) in [6, 6.07) is 16.1. The minimum Gasteiger partial charge on any atom is -0.478 e. The van der Waals surface area contributed by atoms with E-state index in [0.717, 1.165) is 20.7 Å². The van der Waals surface area contributed by atoms with Crippen LogP contribution in [0.4, 0.5) is 4.39 Å². The van der Waals surface area contributed by atoms with Crippen LogP contribution in [0.1, 0.15) is 17.2 Å². The van der Waals surface area contributed by atoms with Crippen LogP contribution >= 0.6 is 0 Å². The zero-order valence-electron chi connectivity index (χ0n) is 19.7. The highest BCUT2D eigenvalue weighted by molar-refractivity contribution is 7.89. The van der Waals surface area contributed by atoms with E-state index < -0.39 is 37.9 Å². The quantitative estimate of drug-likeness (QED) is 0.423. The van der Waals surface area contributed by atoms with Crippen molar-refractivity contribution in [1.82, 2.24) is 8.61 Å². The van der Waals surface area contributed by atoms with E-state index in [1.54, 1.807) is 12.1 Å². The molecule has 1 atom stereocenters. The summed E-state index contributed by atoms with van der Waals surface area (Å²) < 4.78 is 71.1. The number of aliphatic carboxylic acids is 1. The molecule has 0 radical (unpaired) electrons. The SMILES string of the molecule is CN(C)S(=O)(=O)c1cccc(C(Oc2ccc(CN(C)S(=O)(=O)c3ccc(F)cc3)cc2)C(=O)O)c1. The number of carboxylic acids is 1. The summed E-state index contributed by atoms with van der Waals surface area (Å²) in [6.45, 7) is 0.00674. The molecule has 0 aromatic heterocycles. The van der Waals surface area contributed by atoms with E-state index in [-0.39, 0.29) is 27.6 Å². The first-order valence-electron chi connectivity index (χ1n) is 10.5. The largest absolute Gasteiger partial charge is 0.478 e. The van der Waals surface area contributed by atoms with Gasteiger partial charge < -0.3 is 9.84 Å². The van der Waals surface area contributed by atoms with Crippen molar-refractivity contribution >= 4 is 26.0 Å². The van der Waals surface area contributed by atoms with Gasteiger partial charge >= 0.3 is 5.97 Å². The van der Waals surface area contributed by atoms with Crippen LogP contribution in [0, 0.1) is 5.82 Å². The lowest BCUT2D eigenvalue weighted by atomic mass is 10.1. The maximum absolute atomic E-state index is 13.1. The zero-order valence-corrected chi connectivity index (χ0v) is 21.3. The molecule has 3 rings (SSSR count). The van der Waals surface area contributed by atoms with Crippen molar-refractivity contribution in [3.8, 4) is 5.75 Å². The number of carbonyl (C=O) groups is 1. The maximum Gasteiger partial charge on any atom is 0.349 e. The zero-order chi connectivity index (χ0) is 26.7. The topological polar surface area (TPSA) is 121 Å². The molecule has 0 aliphatic rings. The molecule has 0 spiro atoms. The predicted octanol–water partition coefficient (Wildman–Crippen LogP) is 3.10. The molecule has 0 saturated heterocycles. The number of carboxylic acid groups (broad SMARTS) is 1. The molecule has 12 heteroatoms. The molecule has 9 nitrogen and oxygen atoms in total. The first kappa shape index (κ1) is 27.3. The number of hydrogen-bond donors (Lipinski definition) is 1. The van der Waals surface area contributed by atoms with Crippen LogP contribution in [0.2, 0.25) is 0 Å². The van der Waals surface area contributed by atoms with Crippen LogP contribution in [0.15, 0.2) is 82.6 Å². The minimum atomic E-state index is -3.85. The van der Waals surface area contributed by atoms with Gasteiger partial charge in [-0.15, -0.1) is 0 Å². The molecular formula is C24H25FN2O7S2. The summed E-state index contributed by atoms with van der Waals surface area (Å²) in [5.74, 6) is -1.67. The summed E-state index contributed by atoms with van der Waals surface area (Å²) in [4.78, 5) is 11.8. The number of sulfonamides is 2. The van der Waals surface area contributed by atoms with E-state index >= 15 is 0 Å². The summed E-state index contributed by atoms with van der Waals surface area (Å²) in [5, 5.41) is 9.70. The standard InChI is InChI=1S/C24H25FN2O7S2/c1-26(2)35(30,31)22-6-4-5-18(15-22)23(24(28)29)34-20-11-7-17(8-12-20)16-27(3)36(32,33)21-13-9-19(25)10-14-21/h4-15,23H,16H2,1-3H3,(H,28,29). The molecule has 0 aliphatic carbocycles. The number of ether oxygens (including phenoxy) is 1. The smallest absolute Gasteiger partial charge is 0.349 e. The second-order valence-electron chi connectivity index (χ2n) is 8.05. The van der Waals surface area contributed by atoms with Gasteiger partial charge in [0, 0.05) is 33.3 Å². The monoisotopic (exact) mass is 536 g/mol. The van der Waals surface area contributed by atoms with E-state index in [1.807, 2.05) is 0 Å². The van der Waals surface area contributed by atoms with Gasteiger partial charge in [0.25, 0.3) is 0 Å². The molecule has 1 N–H and O–H groups in total. The van der Waals surface area contributed by atoms with Gasteiger partial charge in [0.05, 0.1) is 9.79 Å². The molecule has 0 aliphatic heterocycles. The second-order valence-corrected chi connectivity index (χ2v) is 12.3. The fraction of sp³-hybridized carbons (Fsp3) is 0.208. The molecule has 0 heterocycles. The number of rotatable bonds is 10. The highest BCUT2D eigenvalue weighted by Gasteiger charge is 2.26. The number of nitrogens with zero attached hydrogens (tertiary/aromatic N) is 2. The van der Waals surface area contributed by atoms with Gasteiger partial charge in [0.2, 0.25) is 26.2 Å². The first-order chi connectivity index (χ1) is 16.8. The third kappa shape index (κ3) is 6.08. The Kier molecular flexibility index (Phi) is 8.14.